The Bertz CT molecular complexity index is 1220. The highest BCUT2D eigenvalue weighted by Crippen LogP contribution is 2.41. The monoisotopic (exact) mass is 480 g/mol. The molecule has 1 saturated carbocycles. The van der Waals surface area contributed by atoms with Crippen molar-refractivity contribution in [3.8, 4) is 5.75 Å². The molecule has 1 aromatic carbocycles. The second-order valence-corrected chi connectivity index (χ2v) is 9.49. The molecular weight excluding hydrogens is 451 g/mol. The van der Waals surface area contributed by atoms with Crippen LogP contribution in [0.2, 0.25) is 0 Å². The van der Waals surface area contributed by atoms with Crippen LogP contribution in [0.1, 0.15) is 69.7 Å². The number of unbranched alkanes of at least 4 members (excludes halogenated alkanes) is 1. The summed E-state index contributed by atoms with van der Waals surface area (Å²) in [5.41, 5.74) is 0.460. The van der Waals surface area contributed by atoms with Gasteiger partial charge < -0.3 is 10.1 Å². The van der Waals surface area contributed by atoms with E-state index in [0.29, 0.717) is 35.2 Å². The molecule has 0 radical (unpaired) electrons. The summed E-state index contributed by atoms with van der Waals surface area (Å²) >= 11 is 0. The molecule has 2 amide bonds. The number of hydrogen-bond donors (Lipinski definition) is 1. The molecule has 9 nitrogen and oxygen atoms in total. The van der Waals surface area contributed by atoms with Crippen molar-refractivity contribution in [1.82, 2.24) is 20.1 Å². The van der Waals surface area contributed by atoms with Crippen LogP contribution in [0.25, 0.3) is 5.57 Å². The number of carbonyl (C=O) groups is 2. The molecule has 1 fully saturated rings. The second-order valence-electron chi connectivity index (χ2n) is 9.49. The van der Waals surface area contributed by atoms with Crippen LogP contribution in [0.4, 0.5) is 4.39 Å². The number of rotatable bonds is 8. The topological polar surface area (TPSA) is 101 Å². The summed E-state index contributed by atoms with van der Waals surface area (Å²) in [5.74, 6) is -0.941. The van der Waals surface area contributed by atoms with E-state index in [0.717, 1.165) is 37.1 Å². The van der Waals surface area contributed by atoms with E-state index in [9.17, 15) is 9.59 Å². The first-order chi connectivity index (χ1) is 16.9. The summed E-state index contributed by atoms with van der Waals surface area (Å²) in [6.07, 6.45) is 7.26. The largest absolute Gasteiger partial charge is 0.493 e. The van der Waals surface area contributed by atoms with Gasteiger partial charge in [-0.25, -0.2) is 4.39 Å². The number of aromatic nitrogens is 2. The number of nitrogens with one attached hydrogen (secondary N) is 1. The van der Waals surface area contributed by atoms with Crippen LogP contribution in [-0.4, -0.2) is 39.8 Å². The first-order valence-electron chi connectivity index (χ1n) is 12.1. The van der Waals surface area contributed by atoms with E-state index < -0.39 is 23.2 Å². The van der Waals surface area contributed by atoms with E-state index in [2.05, 4.69) is 22.6 Å². The Labute approximate surface area is 203 Å². The molecule has 5 rings (SSSR count). The highest BCUT2D eigenvalue weighted by Gasteiger charge is 2.43. The maximum atomic E-state index is 15.3. The third-order valence-electron chi connectivity index (χ3n) is 6.90. The summed E-state index contributed by atoms with van der Waals surface area (Å²) < 4.78 is 22.8. The lowest BCUT2D eigenvalue weighted by Gasteiger charge is -2.38. The molecule has 0 bridgehead atoms. The van der Waals surface area contributed by atoms with E-state index in [-0.39, 0.29) is 18.7 Å². The maximum Gasteiger partial charge on any atom is 0.272 e. The molecule has 1 N–H and O–H groups in total. The molecule has 1 aromatic heterocycles. The minimum atomic E-state index is -1.07. The van der Waals surface area contributed by atoms with Gasteiger partial charge in [-0.2, -0.15) is 15.2 Å². The zero-order chi connectivity index (χ0) is 24.6. The molecule has 0 saturated heterocycles. The predicted octanol–water partition coefficient (Wildman–Crippen LogP) is 4.28. The third-order valence-corrected chi connectivity index (χ3v) is 6.90. The van der Waals surface area contributed by atoms with Crippen LogP contribution >= 0.6 is 0 Å². The van der Waals surface area contributed by atoms with Crippen molar-refractivity contribution >= 4 is 17.4 Å². The average molecular weight is 481 g/mol. The van der Waals surface area contributed by atoms with Gasteiger partial charge in [-0.3, -0.25) is 14.3 Å². The van der Waals surface area contributed by atoms with Crippen molar-refractivity contribution in [2.75, 3.05) is 13.2 Å². The summed E-state index contributed by atoms with van der Waals surface area (Å²) in [6.45, 7) is 4.23. The lowest BCUT2D eigenvalue weighted by atomic mass is 9.80. The van der Waals surface area contributed by atoms with Crippen LogP contribution in [0.15, 0.2) is 46.5 Å². The fraction of sp³-hybridized carbons (Fsp3) is 0.480. The van der Waals surface area contributed by atoms with E-state index in [1.807, 2.05) is 16.9 Å². The van der Waals surface area contributed by atoms with E-state index in [1.165, 1.54) is 6.07 Å². The van der Waals surface area contributed by atoms with Gasteiger partial charge in [0.05, 0.1) is 23.9 Å². The third kappa shape index (κ3) is 4.33. The van der Waals surface area contributed by atoms with Crippen LogP contribution in [0.3, 0.4) is 0 Å². The number of hydrogen-bond acceptors (Lipinski definition) is 6. The molecule has 2 aliphatic heterocycles. The van der Waals surface area contributed by atoms with Gasteiger partial charge in [-0.1, -0.05) is 24.6 Å². The molecular formula is C25H29FN6O3. The van der Waals surface area contributed by atoms with Gasteiger partial charge in [0.1, 0.15) is 23.8 Å². The molecule has 3 heterocycles. The van der Waals surface area contributed by atoms with Crippen molar-refractivity contribution < 1.29 is 18.7 Å². The Morgan fingerprint density at radius 3 is 2.74 bits per heavy atom. The Morgan fingerprint density at radius 2 is 2.09 bits per heavy atom. The highest BCUT2D eigenvalue weighted by atomic mass is 19.1. The molecule has 1 unspecified atom stereocenters. The number of amides is 2. The number of benzene rings is 1. The number of ether oxygens (including phenoxy) is 1. The summed E-state index contributed by atoms with van der Waals surface area (Å²) in [7, 11) is 0. The van der Waals surface area contributed by atoms with Crippen LogP contribution in [0, 0.1) is 5.82 Å². The van der Waals surface area contributed by atoms with Crippen molar-refractivity contribution in [2.24, 2.45) is 10.3 Å². The molecule has 184 valence electrons. The van der Waals surface area contributed by atoms with Gasteiger partial charge in [0.15, 0.2) is 0 Å². The Kier molecular flexibility index (Phi) is 6.12. The molecule has 3 aliphatic rings. The maximum absolute atomic E-state index is 15.3. The van der Waals surface area contributed by atoms with E-state index in [4.69, 9.17) is 9.84 Å². The van der Waals surface area contributed by atoms with Gasteiger partial charge in [-0.05, 0) is 44.7 Å². The zero-order valence-electron chi connectivity index (χ0n) is 20.0. The van der Waals surface area contributed by atoms with Gasteiger partial charge in [0.25, 0.3) is 11.8 Å². The summed E-state index contributed by atoms with van der Waals surface area (Å²) in [6, 6.07) is 6.89. The lowest BCUT2D eigenvalue weighted by molar-refractivity contribution is -0.130. The Hall–Kier alpha value is -3.56. The minimum Gasteiger partial charge on any atom is -0.493 e. The zero-order valence-corrected chi connectivity index (χ0v) is 20.0. The minimum absolute atomic E-state index is 0.0903. The Morgan fingerprint density at radius 1 is 1.26 bits per heavy atom. The van der Waals surface area contributed by atoms with Gasteiger partial charge in [0.2, 0.25) is 0 Å². The van der Waals surface area contributed by atoms with Crippen molar-refractivity contribution in [3.63, 3.8) is 0 Å². The molecule has 2 aromatic rings. The number of carbonyl (C=O) groups excluding carboxylic acids is 2. The molecule has 0 spiro atoms. The van der Waals surface area contributed by atoms with Crippen molar-refractivity contribution in [3.05, 3.63) is 53.2 Å². The number of halogens is 1. The molecule has 35 heavy (non-hydrogen) atoms. The number of nitrogens with zero attached hydrogens (tertiary/aromatic N) is 5. The first kappa shape index (κ1) is 23.2. The van der Waals surface area contributed by atoms with Crippen LogP contribution in [0.5, 0.6) is 5.75 Å². The second kappa shape index (κ2) is 9.24. The fourth-order valence-electron chi connectivity index (χ4n) is 4.69. The lowest BCUT2D eigenvalue weighted by Crippen LogP contribution is -2.51. The summed E-state index contributed by atoms with van der Waals surface area (Å²) in [4.78, 5) is 25.8. The van der Waals surface area contributed by atoms with Gasteiger partial charge in [0, 0.05) is 29.8 Å². The van der Waals surface area contributed by atoms with E-state index >= 15 is 4.39 Å². The van der Waals surface area contributed by atoms with Crippen LogP contribution in [-0.2, 0) is 15.1 Å². The Balaban J connectivity index is 1.52. The molecule has 1 atom stereocenters. The summed E-state index contributed by atoms with van der Waals surface area (Å²) in [5, 5.41) is 16.3. The standard InChI is InChI=1S/C25H29FN6O3/c1-3-4-12-35-17-8-9-19(20(26)13-17)25(2)14-18(21-10-11-31(29-21)16-6-5-7-16)23(24(34)28-25)32-22(33)15-27-30-32/h8-11,13,16H,3-7,12,14-15H2,1-2H3,(H,28,34). The van der Waals surface area contributed by atoms with Crippen LogP contribution < -0.4 is 10.1 Å². The molecule has 10 heteroatoms. The fourth-order valence-corrected chi connectivity index (χ4v) is 4.69. The van der Waals surface area contributed by atoms with Crippen molar-refractivity contribution in [2.45, 2.75) is 64.0 Å². The quantitative estimate of drug-likeness (QED) is 0.570. The average Bonchev–Trinajstić information content (AvgIpc) is 3.42. The normalized spacial score (nSPS) is 22.5. The van der Waals surface area contributed by atoms with E-state index in [1.54, 1.807) is 19.1 Å². The SMILES string of the molecule is CCCCOc1ccc(C2(C)CC(c3ccn(C4CCC4)n3)=C(N3N=NCC3=O)C(=O)N2)c(F)c1. The smallest absolute Gasteiger partial charge is 0.272 e. The van der Waals surface area contributed by atoms with Gasteiger partial charge >= 0.3 is 0 Å². The first-order valence-corrected chi connectivity index (χ1v) is 12.1. The predicted molar refractivity (Wildman–Crippen MR) is 126 cm³/mol. The van der Waals surface area contributed by atoms with Gasteiger partial charge in [-0.15, -0.1) is 0 Å². The highest BCUT2D eigenvalue weighted by molar-refractivity contribution is 6.06. The molecule has 1 aliphatic carbocycles. The van der Waals surface area contributed by atoms with Crippen molar-refractivity contribution in [1.29, 1.82) is 0 Å².